The number of benzene rings is 1. The van der Waals surface area contributed by atoms with Gasteiger partial charge in [0, 0.05) is 32.4 Å². The Labute approximate surface area is 109 Å². The predicted molar refractivity (Wildman–Crippen MR) is 73.9 cm³/mol. The third-order valence-electron chi connectivity index (χ3n) is 3.39. The van der Waals surface area contributed by atoms with Gasteiger partial charge in [-0.25, -0.2) is 0 Å². The second kappa shape index (κ2) is 5.40. The standard InChI is InChI=1S/C14H21N3O/c1-16(2)8-9-17(3)14(18)12-10-15-13-7-5-4-6-11(12)13/h4-7,12,15H,8-10H2,1-3H3. The van der Waals surface area contributed by atoms with E-state index < -0.39 is 0 Å². The number of nitrogens with zero attached hydrogens (tertiary/aromatic N) is 2. The topological polar surface area (TPSA) is 35.6 Å². The summed E-state index contributed by atoms with van der Waals surface area (Å²) in [5.41, 5.74) is 2.22. The van der Waals surface area contributed by atoms with Gasteiger partial charge in [0.15, 0.2) is 0 Å². The molecule has 1 aliphatic rings. The minimum atomic E-state index is -0.0339. The number of amides is 1. The van der Waals surface area contributed by atoms with Gasteiger partial charge in [-0.2, -0.15) is 0 Å². The lowest BCUT2D eigenvalue weighted by atomic mass is 10.00. The Bertz CT molecular complexity index is 431. The summed E-state index contributed by atoms with van der Waals surface area (Å²) >= 11 is 0. The van der Waals surface area contributed by atoms with Crippen LogP contribution in [-0.4, -0.2) is 56.5 Å². The van der Waals surface area contributed by atoms with Crippen molar-refractivity contribution in [1.29, 1.82) is 0 Å². The maximum atomic E-state index is 12.4. The molecule has 4 heteroatoms. The van der Waals surface area contributed by atoms with Gasteiger partial charge in [-0.1, -0.05) is 18.2 Å². The third kappa shape index (κ3) is 2.64. The number of carbonyl (C=O) groups is 1. The first-order valence-corrected chi connectivity index (χ1v) is 6.32. The Balaban J connectivity index is 2.02. The zero-order valence-electron chi connectivity index (χ0n) is 11.3. The molecule has 98 valence electrons. The highest BCUT2D eigenvalue weighted by molar-refractivity contribution is 5.88. The fraction of sp³-hybridized carbons (Fsp3) is 0.500. The summed E-state index contributed by atoms with van der Waals surface area (Å²) in [5.74, 6) is 0.169. The molecule has 1 heterocycles. The number of para-hydroxylation sites is 1. The van der Waals surface area contributed by atoms with Gasteiger partial charge in [0.1, 0.15) is 0 Å². The summed E-state index contributed by atoms with van der Waals surface area (Å²) in [4.78, 5) is 16.3. The van der Waals surface area contributed by atoms with Crippen LogP contribution in [0.2, 0.25) is 0 Å². The maximum Gasteiger partial charge on any atom is 0.231 e. The summed E-state index contributed by atoms with van der Waals surface area (Å²) in [6.45, 7) is 2.37. The van der Waals surface area contributed by atoms with Crippen LogP contribution in [0.5, 0.6) is 0 Å². The molecule has 2 rings (SSSR count). The van der Waals surface area contributed by atoms with E-state index in [1.54, 1.807) is 0 Å². The van der Waals surface area contributed by atoms with Gasteiger partial charge in [0.05, 0.1) is 5.92 Å². The SMILES string of the molecule is CN(C)CCN(C)C(=O)C1CNc2ccccc21. The zero-order valence-corrected chi connectivity index (χ0v) is 11.3. The highest BCUT2D eigenvalue weighted by Crippen LogP contribution is 2.31. The normalized spacial score (nSPS) is 17.4. The molecule has 0 spiro atoms. The van der Waals surface area contributed by atoms with Gasteiger partial charge >= 0.3 is 0 Å². The monoisotopic (exact) mass is 247 g/mol. The highest BCUT2D eigenvalue weighted by Gasteiger charge is 2.29. The molecule has 0 saturated heterocycles. The first-order valence-electron chi connectivity index (χ1n) is 6.32. The average molecular weight is 247 g/mol. The van der Waals surface area contributed by atoms with Crippen molar-refractivity contribution in [3.8, 4) is 0 Å². The number of rotatable bonds is 4. The Morgan fingerprint density at radius 2 is 2.00 bits per heavy atom. The molecular weight excluding hydrogens is 226 g/mol. The Morgan fingerprint density at radius 3 is 2.72 bits per heavy atom. The van der Waals surface area contributed by atoms with E-state index in [1.807, 2.05) is 50.3 Å². The zero-order chi connectivity index (χ0) is 13.1. The number of nitrogens with one attached hydrogen (secondary N) is 1. The molecule has 0 bridgehead atoms. The Kier molecular flexibility index (Phi) is 3.87. The van der Waals surface area contributed by atoms with Gasteiger partial charge in [-0.05, 0) is 25.7 Å². The largest absolute Gasteiger partial charge is 0.384 e. The lowest BCUT2D eigenvalue weighted by molar-refractivity contribution is -0.131. The van der Waals surface area contributed by atoms with E-state index in [2.05, 4.69) is 10.2 Å². The molecule has 1 aromatic carbocycles. The van der Waals surface area contributed by atoms with Crippen LogP contribution in [0.25, 0.3) is 0 Å². The molecule has 0 aliphatic carbocycles. The molecule has 0 saturated carbocycles. The quantitative estimate of drug-likeness (QED) is 0.869. The highest BCUT2D eigenvalue weighted by atomic mass is 16.2. The predicted octanol–water partition coefficient (Wildman–Crippen LogP) is 1.22. The van der Waals surface area contributed by atoms with Crippen molar-refractivity contribution in [2.45, 2.75) is 5.92 Å². The first-order chi connectivity index (χ1) is 8.59. The molecular formula is C14H21N3O. The smallest absolute Gasteiger partial charge is 0.231 e. The molecule has 1 amide bonds. The van der Waals surface area contributed by atoms with Crippen LogP contribution in [0.4, 0.5) is 5.69 Å². The third-order valence-corrected chi connectivity index (χ3v) is 3.39. The number of anilines is 1. The van der Waals surface area contributed by atoms with E-state index in [4.69, 9.17) is 0 Å². The van der Waals surface area contributed by atoms with E-state index in [0.717, 1.165) is 24.3 Å². The second-order valence-electron chi connectivity index (χ2n) is 5.08. The van der Waals surface area contributed by atoms with E-state index in [0.29, 0.717) is 6.54 Å². The lowest BCUT2D eigenvalue weighted by Crippen LogP contribution is -2.37. The average Bonchev–Trinajstić information content (AvgIpc) is 2.78. The van der Waals surface area contributed by atoms with Crippen LogP contribution in [0.1, 0.15) is 11.5 Å². The van der Waals surface area contributed by atoms with Crippen molar-refractivity contribution in [3.05, 3.63) is 29.8 Å². The van der Waals surface area contributed by atoms with Crippen LogP contribution < -0.4 is 5.32 Å². The van der Waals surface area contributed by atoms with E-state index in [-0.39, 0.29) is 11.8 Å². The van der Waals surface area contributed by atoms with Crippen LogP contribution in [0.15, 0.2) is 24.3 Å². The molecule has 1 atom stereocenters. The van der Waals surface area contributed by atoms with Crippen molar-refractivity contribution >= 4 is 11.6 Å². The fourth-order valence-electron chi connectivity index (χ4n) is 2.23. The number of fused-ring (bicyclic) bond motifs is 1. The van der Waals surface area contributed by atoms with Crippen LogP contribution >= 0.6 is 0 Å². The molecule has 1 unspecified atom stereocenters. The second-order valence-corrected chi connectivity index (χ2v) is 5.08. The van der Waals surface area contributed by atoms with E-state index in [1.165, 1.54) is 0 Å². The Morgan fingerprint density at radius 1 is 1.28 bits per heavy atom. The van der Waals surface area contributed by atoms with Gasteiger partial charge in [-0.15, -0.1) is 0 Å². The molecule has 1 N–H and O–H groups in total. The minimum Gasteiger partial charge on any atom is -0.384 e. The van der Waals surface area contributed by atoms with Crippen molar-refractivity contribution < 1.29 is 4.79 Å². The van der Waals surface area contributed by atoms with Crippen LogP contribution in [0, 0.1) is 0 Å². The van der Waals surface area contributed by atoms with E-state index >= 15 is 0 Å². The van der Waals surface area contributed by atoms with E-state index in [9.17, 15) is 4.79 Å². The number of likely N-dealkylation sites (N-methyl/N-ethyl adjacent to an activating group) is 2. The van der Waals surface area contributed by atoms with Gasteiger partial charge in [0.2, 0.25) is 5.91 Å². The molecule has 1 aliphatic heterocycles. The molecule has 0 fully saturated rings. The number of hydrogen-bond donors (Lipinski definition) is 1. The minimum absolute atomic E-state index is 0.0339. The first kappa shape index (κ1) is 12.9. The number of carbonyl (C=O) groups excluding carboxylic acids is 1. The molecule has 18 heavy (non-hydrogen) atoms. The Hall–Kier alpha value is -1.55. The van der Waals surface area contributed by atoms with Crippen LogP contribution in [-0.2, 0) is 4.79 Å². The van der Waals surface area contributed by atoms with Gasteiger partial charge < -0.3 is 15.1 Å². The molecule has 4 nitrogen and oxygen atoms in total. The molecule has 0 aromatic heterocycles. The lowest BCUT2D eigenvalue weighted by Gasteiger charge is -2.22. The van der Waals surface area contributed by atoms with Gasteiger partial charge in [0.25, 0.3) is 0 Å². The fourth-order valence-corrected chi connectivity index (χ4v) is 2.23. The summed E-state index contributed by atoms with van der Waals surface area (Å²) in [6.07, 6.45) is 0. The summed E-state index contributed by atoms with van der Waals surface area (Å²) in [7, 11) is 5.92. The van der Waals surface area contributed by atoms with Crippen molar-refractivity contribution in [2.75, 3.05) is 46.1 Å². The van der Waals surface area contributed by atoms with Crippen molar-refractivity contribution in [1.82, 2.24) is 9.80 Å². The van der Waals surface area contributed by atoms with Crippen molar-refractivity contribution in [3.63, 3.8) is 0 Å². The van der Waals surface area contributed by atoms with Crippen LogP contribution in [0.3, 0.4) is 0 Å². The van der Waals surface area contributed by atoms with Gasteiger partial charge in [-0.3, -0.25) is 4.79 Å². The summed E-state index contributed by atoms with van der Waals surface area (Å²) in [5, 5.41) is 3.29. The number of hydrogen-bond acceptors (Lipinski definition) is 3. The van der Waals surface area contributed by atoms with Crippen molar-refractivity contribution in [2.24, 2.45) is 0 Å². The summed E-state index contributed by atoms with van der Waals surface area (Å²) in [6, 6.07) is 8.06. The maximum absolute atomic E-state index is 12.4. The summed E-state index contributed by atoms with van der Waals surface area (Å²) < 4.78 is 0. The molecule has 0 radical (unpaired) electrons. The molecule has 1 aromatic rings.